The molecule has 0 aromatic carbocycles. The van der Waals surface area contributed by atoms with Crippen LogP contribution in [0, 0.1) is 5.92 Å². The molecule has 1 rings (SSSR count). The SMILES string of the molecule is CC(S)C(O)(CS)CC1CC1. The van der Waals surface area contributed by atoms with Gasteiger partial charge in [-0.15, -0.1) is 0 Å². The highest BCUT2D eigenvalue weighted by Crippen LogP contribution is 2.39. The van der Waals surface area contributed by atoms with E-state index in [1.807, 2.05) is 6.92 Å². The molecule has 2 unspecified atom stereocenters. The van der Waals surface area contributed by atoms with Gasteiger partial charge in [0.25, 0.3) is 0 Å². The van der Waals surface area contributed by atoms with Gasteiger partial charge in [0.05, 0.1) is 5.60 Å². The molecule has 3 heteroatoms. The molecule has 0 bridgehead atoms. The van der Waals surface area contributed by atoms with Gasteiger partial charge in [0, 0.05) is 11.0 Å². The minimum Gasteiger partial charge on any atom is -0.388 e. The predicted octanol–water partition coefficient (Wildman–Crippen LogP) is 1.77. The lowest BCUT2D eigenvalue weighted by Crippen LogP contribution is -2.40. The molecule has 0 aliphatic heterocycles. The molecule has 0 spiro atoms. The molecule has 0 aromatic rings. The number of thiol groups is 2. The van der Waals surface area contributed by atoms with Crippen molar-refractivity contribution in [1.29, 1.82) is 0 Å². The summed E-state index contributed by atoms with van der Waals surface area (Å²) in [6, 6.07) is 0. The Kier molecular flexibility index (Phi) is 3.18. The molecule has 1 aliphatic rings. The number of aliphatic hydroxyl groups is 1. The molecule has 1 fully saturated rings. The zero-order valence-corrected chi connectivity index (χ0v) is 8.61. The van der Waals surface area contributed by atoms with Crippen molar-refractivity contribution in [3.63, 3.8) is 0 Å². The fourth-order valence-corrected chi connectivity index (χ4v) is 1.93. The van der Waals surface area contributed by atoms with Gasteiger partial charge in [-0.2, -0.15) is 25.3 Å². The van der Waals surface area contributed by atoms with E-state index in [9.17, 15) is 5.11 Å². The third-order valence-corrected chi connectivity index (χ3v) is 3.42. The molecule has 0 radical (unpaired) electrons. The van der Waals surface area contributed by atoms with E-state index in [4.69, 9.17) is 0 Å². The van der Waals surface area contributed by atoms with E-state index in [0.717, 1.165) is 12.3 Å². The monoisotopic (exact) mass is 192 g/mol. The fourth-order valence-electron chi connectivity index (χ4n) is 1.19. The third-order valence-electron chi connectivity index (χ3n) is 2.39. The second-order valence-electron chi connectivity index (χ2n) is 3.59. The van der Waals surface area contributed by atoms with Crippen molar-refractivity contribution in [2.45, 2.75) is 37.0 Å². The maximum absolute atomic E-state index is 9.95. The van der Waals surface area contributed by atoms with Gasteiger partial charge >= 0.3 is 0 Å². The Hall–Kier alpha value is 0.660. The maximum atomic E-state index is 9.95. The minimum absolute atomic E-state index is 0.0283. The van der Waals surface area contributed by atoms with Crippen LogP contribution in [-0.4, -0.2) is 21.7 Å². The number of hydrogen-bond acceptors (Lipinski definition) is 3. The predicted molar refractivity (Wildman–Crippen MR) is 54.6 cm³/mol. The molecule has 0 heterocycles. The van der Waals surface area contributed by atoms with Gasteiger partial charge in [-0.3, -0.25) is 0 Å². The first-order valence-corrected chi connectivity index (χ1v) is 5.24. The highest BCUT2D eigenvalue weighted by Gasteiger charge is 2.36. The smallest absolute Gasteiger partial charge is 0.0850 e. The normalized spacial score (nSPS) is 26.2. The summed E-state index contributed by atoms with van der Waals surface area (Å²) in [4.78, 5) is 0. The summed E-state index contributed by atoms with van der Waals surface area (Å²) >= 11 is 8.41. The Bertz CT molecular complexity index is 134. The summed E-state index contributed by atoms with van der Waals surface area (Å²) in [6.07, 6.45) is 3.42. The lowest BCUT2D eigenvalue weighted by atomic mass is 9.95. The highest BCUT2D eigenvalue weighted by molar-refractivity contribution is 7.81. The fraction of sp³-hybridized carbons (Fsp3) is 1.00. The van der Waals surface area contributed by atoms with Crippen molar-refractivity contribution in [1.82, 2.24) is 0 Å². The average molecular weight is 192 g/mol. The molecule has 2 atom stereocenters. The lowest BCUT2D eigenvalue weighted by molar-refractivity contribution is 0.0529. The van der Waals surface area contributed by atoms with Crippen LogP contribution in [0.2, 0.25) is 0 Å². The number of rotatable bonds is 4. The molecule has 0 amide bonds. The van der Waals surface area contributed by atoms with E-state index in [1.54, 1.807) is 0 Å². The molecule has 1 N–H and O–H groups in total. The standard InChI is InChI=1S/C8H16OS2/c1-6(11)8(9,5-10)4-7-2-3-7/h6-7,9-11H,2-5H2,1H3. The van der Waals surface area contributed by atoms with Crippen LogP contribution in [0.25, 0.3) is 0 Å². The van der Waals surface area contributed by atoms with Crippen LogP contribution >= 0.6 is 25.3 Å². The summed E-state index contributed by atoms with van der Waals surface area (Å²) in [5.41, 5.74) is -0.645. The molecule has 0 saturated heterocycles. The summed E-state index contributed by atoms with van der Waals surface area (Å²) in [7, 11) is 0. The second kappa shape index (κ2) is 3.58. The zero-order valence-electron chi connectivity index (χ0n) is 6.82. The van der Waals surface area contributed by atoms with Crippen molar-refractivity contribution >= 4 is 25.3 Å². The largest absolute Gasteiger partial charge is 0.388 e. The first-order valence-electron chi connectivity index (χ1n) is 4.10. The van der Waals surface area contributed by atoms with Gasteiger partial charge in [-0.1, -0.05) is 19.8 Å². The van der Waals surface area contributed by atoms with E-state index in [0.29, 0.717) is 5.75 Å². The first-order chi connectivity index (χ1) is 5.08. The molecule has 11 heavy (non-hydrogen) atoms. The summed E-state index contributed by atoms with van der Waals surface area (Å²) in [5, 5.41) is 9.98. The number of hydrogen-bond donors (Lipinski definition) is 3. The van der Waals surface area contributed by atoms with Crippen LogP contribution in [0.5, 0.6) is 0 Å². The first kappa shape index (κ1) is 9.75. The maximum Gasteiger partial charge on any atom is 0.0850 e. The van der Waals surface area contributed by atoms with Crippen LogP contribution in [0.4, 0.5) is 0 Å². The second-order valence-corrected chi connectivity index (χ2v) is 4.68. The molecule has 1 aliphatic carbocycles. The van der Waals surface area contributed by atoms with Crippen LogP contribution in [-0.2, 0) is 0 Å². The van der Waals surface area contributed by atoms with Crippen molar-refractivity contribution in [2.75, 3.05) is 5.75 Å². The van der Waals surface area contributed by atoms with Gasteiger partial charge in [0.2, 0.25) is 0 Å². The summed E-state index contributed by atoms with van der Waals surface area (Å²) in [6.45, 7) is 1.93. The zero-order chi connectivity index (χ0) is 8.48. The van der Waals surface area contributed by atoms with E-state index >= 15 is 0 Å². The molecule has 1 saturated carbocycles. The quantitative estimate of drug-likeness (QED) is 0.580. The minimum atomic E-state index is -0.645. The van der Waals surface area contributed by atoms with Gasteiger partial charge in [-0.05, 0) is 12.3 Å². The summed E-state index contributed by atoms with van der Waals surface area (Å²) in [5.74, 6) is 1.26. The van der Waals surface area contributed by atoms with Crippen molar-refractivity contribution in [3.05, 3.63) is 0 Å². The Labute approximate surface area is 79.4 Å². The topological polar surface area (TPSA) is 20.2 Å². The highest BCUT2D eigenvalue weighted by atomic mass is 32.1. The van der Waals surface area contributed by atoms with E-state index in [1.165, 1.54) is 12.8 Å². The van der Waals surface area contributed by atoms with Gasteiger partial charge in [-0.25, -0.2) is 0 Å². The van der Waals surface area contributed by atoms with Crippen LogP contribution < -0.4 is 0 Å². The molecule has 0 aromatic heterocycles. The van der Waals surface area contributed by atoms with Crippen molar-refractivity contribution < 1.29 is 5.11 Å². The Morgan fingerprint density at radius 2 is 2.18 bits per heavy atom. The van der Waals surface area contributed by atoms with Crippen LogP contribution in [0.3, 0.4) is 0 Å². The van der Waals surface area contributed by atoms with E-state index < -0.39 is 5.60 Å². The average Bonchev–Trinajstić information content (AvgIpc) is 2.71. The molecule has 66 valence electrons. The Morgan fingerprint density at radius 1 is 1.64 bits per heavy atom. The Morgan fingerprint density at radius 3 is 2.45 bits per heavy atom. The van der Waals surface area contributed by atoms with E-state index in [-0.39, 0.29) is 5.25 Å². The summed E-state index contributed by atoms with van der Waals surface area (Å²) < 4.78 is 0. The Balaban J connectivity index is 2.42. The van der Waals surface area contributed by atoms with Gasteiger partial charge in [0.1, 0.15) is 0 Å². The van der Waals surface area contributed by atoms with Crippen molar-refractivity contribution in [2.24, 2.45) is 5.92 Å². The van der Waals surface area contributed by atoms with Gasteiger partial charge in [0.15, 0.2) is 0 Å². The molecular weight excluding hydrogens is 176 g/mol. The van der Waals surface area contributed by atoms with Gasteiger partial charge < -0.3 is 5.11 Å². The van der Waals surface area contributed by atoms with Crippen molar-refractivity contribution in [3.8, 4) is 0 Å². The third kappa shape index (κ3) is 2.56. The van der Waals surface area contributed by atoms with Crippen LogP contribution in [0.1, 0.15) is 26.2 Å². The lowest BCUT2D eigenvalue weighted by Gasteiger charge is -2.29. The van der Waals surface area contributed by atoms with Crippen LogP contribution in [0.15, 0.2) is 0 Å². The van der Waals surface area contributed by atoms with E-state index in [2.05, 4.69) is 25.3 Å². The molecular formula is C8H16OS2. The molecule has 1 nitrogen and oxygen atoms in total.